The minimum Gasteiger partial charge on any atom is -0.356 e. The van der Waals surface area contributed by atoms with E-state index >= 15 is 0 Å². The molecule has 0 unspecified atom stereocenters. The predicted molar refractivity (Wildman–Crippen MR) is 43.2 cm³/mol. The van der Waals surface area contributed by atoms with Crippen LogP contribution in [-0.2, 0) is 4.79 Å². The summed E-state index contributed by atoms with van der Waals surface area (Å²) in [6.45, 7) is 2.04. The molecule has 0 fully saturated rings. The third-order valence-electron chi connectivity index (χ3n) is 1.53. The van der Waals surface area contributed by atoms with Gasteiger partial charge in [-0.15, -0.1) is 0 Å². The number of unbranched alkanes of at least 4 members (excludes halogenated alkanes) is 1. The van der Waals surface area contributed by atoms with E-state index in [1.807, 2.05) is 0 Å². The molecule has 2 nitrogen and oxygen atoms in total. The smallest absolute Gasteiger partial charge is 0.356 e. The maximum Gasteiger partial charge on any atom is 0.389 e. The van der Waals surface area contributed by atoms with Crippen LogP contribution in [0.25, 0.3) is 0 Å². The maximum atomic E-state index is 11.6. The molecule has 1 amide bonds. The van der Waals surface area contributed by atoms with Gasteiger partial charge in [-0.3, -0.25) is 4.79 Å². The Labute approximate surface area is 75.5 Å². The minimum absolute atomic E-state index is 0.0769. The molecule has 0 aliphatic rings. The molecular formula is C8H14F3NO. The number of alkyl halides is 3. The van der Waals surface area contributed by atoms with Crippen molar-refractivity contribution in [3.8, 4) is 0 Å². The summed E-state index contributed by atoms with van der Waals surface area (Å²) in [6.07, 6.45) is -4.01. The van der Waals surface area contributed by atoms with E-state index in [4.69, 9.17) is 0 Å². The van der Waals surface area contributed by atoms with Gasteiger partial charge < -0.3 is 5.32 Å². The van der Waals surface area contributed by atoms with Crippen LogP contribution in [0.5, 0.6) is 0 Å². The molecule has 0 aromatic heterocycles. The molecule has 0 radical (unpaired) electrons. The molecular weight excluding hydrogens is 183 g/mol. The fraction of sp³-hybridized carbons (Fsp3) is 0.875. The Morgan fingerprint density at radius 3 is 2.38 bits per heavy atom. The van der Waals surface area contributed by atoms with E-state index in [0.29, 0.717) is 19.4 Å². The van der Waals surface area contributed by atoms with E-state index in [9.17, 15) is 18.0 Å². The molecule has 0 aromatic carbocycles. The zero-order valence-electron chi connectivity index (χ0n) is 7.58. The van der Waals surface area contributed by atoms with Crippen LogP contribution in [-0.4, -0.2) is 18.6 Å². The highest BCUT2D eigenvalue weighted by Gasteiger charge is 2.25. The summed E-state index contributed by atoms with van der Waals surface area (Å²) in [5.74, 6) is -0.119. The van der Waals surface area contributed by atoms with Crippen molar-refractivity contribution < 1.29 is 18.0 Å². The van der Waals surface area contributed by atoms with Crippen molar-refractivity contribution in [2.75, 3.05) is 6.54 Å². The van der Waals surface area contributed by atoms with Gasteiger partial charge in [0.05, 0.1) is 0 Å². The number of amides is 1. The van der Waals surface area contributed by atoms with Crippen LogP contribution in [0, 0.1) is 0 Å². The normalized spacial score (nSPS) is 11.4. The first-order valence-electron chi connectivity index (χ1n) is 4.29. The summed E-state index contributed by atoms with van der Waals surface area (Å²) in [5, 5.41) is 2.51. The van der Waals surface area contributed by atoms with Crippen molar-refractivity contribution in [2.24, 2.45) is 0 Å². The van der Waals surface area contributed by atoms with Crippen LogP contribution < -0.4 is 5.32 Å². The molecule has 0 rings (SSSR count). The molecule has 0 saturated carbocycles. The van der Waals surface area contributed by atoms with Gasteiger partial charge in [0, 0.05) is 19.4 Å². The largest absolute Gasteiger partial charge is 0.389 e. The Hall–Kier alpha value is -0.740. The number of rotatable bonds is 5. The number of nitrogens with one attached hydrogen (secondary N) is 1. The molecule has 78 valence electrons. The van der Waals surface area contributed by atoms with Crippen LogP contribution >= 0.6 is 0 Å². The van der Waals surface area contributed by atoms with Gasteiger partial charge in [-0.05, 0) is 12.8 Å². The van der Waals surface area contributed by atoms with Crippen LogP contribution in [0.4, 0.5) is 13.2 Å². The highest BCUT2D eigenvalue weighted by molar-refractivity contribution is 5.75. The Morgan fingerprint density at radius 2 is 1.92 bits per heavy atom. The molecule has 5 heteroatoms. The zero-order chi connectivity index (χ0) is 10.3. The van der Waals surface area contributed by atoms with Crippen molar-refractivity contribution in [1.29, 1.82) is 0 Å². The quantitative estimate of drug-likeness (QED) is 0.673. The summed E-state index contributed by atoms with van der Waals surface area (Å²) in [4.78, 5) is 10.6. The first-order valence-corrected chi connectivity index (χ1v) is 4.29. The molecule has 0 aliphatic heterocycles. The first-order chi connectivity index (χ1) is 5.95. The number of carbonyl (C=O) groups excluding carboxylic acids is 1. The van der Waals surface area contributed by atoms with Gasteiger partial charge in [-0.2, -0.15) is 13.2 Å². The van der Waals surface area contributed by atoms with E-state index < -0.39 is 12.6 Å². The second-order valence-corrected chi connectivity index (χ2v) is 2.78. The Balaban J connectivity index is 3.22. The monoisotopic (exact) mass is 197 g/mol. The number of halogens is 3. The second kappa shape index (κ2) is 5.83. The third kappa shape index (κ3) is 9.17. The highest BCUT2D eigenvalue weighted by atomic mass is 19.4. The van der Waals surface area contributed by atoms with Gasteiger partial charge in [-0.1, -0.05) is 6.92 Å². The molecule has 0 saturated heterocycles. The summed E-state index contributed by atoms with van der Waals surface area (Å²) in [5.41, 5.74) is 0. The number of hydrogen-bond acceptors (Lipinski definition) is 1. The van der Waals surface area contributed by atoms with Crippen LogP contribution in [0.15, 0.2) is 0 Å². The Kier molecular flexibility index (Phi) is 5.50. The van der Waals surface area contributed by atoms with Crippen molar-refractivity contribution in [2.45, 2.75) is 38.8 Å². The van der Waals surface area contributed by atoms with E-state index in [1.165, 1.54) is 0 Å². The summed E-state index contributed by atoms with van der Waals surface area (Å²) in [7, 11) is 0. The lowest BCUT2D eigenvalue weighted by Crippen LogP contribution is -2.23. The maximum absolute atomic E-state index is 11.6. The average molecular weight is 197 g/mol. The molecule has 0 bridgehead atoms. The molecule has 0 heterocycles. The molecule has 0 atom stereocenters. The Morgan fingerprint density at radius 1 is 1.31 bits per heavy atom. The standard InChI is InChI=1S/C8H14F3NO/c1-2-7(13)12-6-4-3-5-8(9,10)11/h2-6H2,1H3,(H,12,13). The second-order valence-electron chi connectivity index (χ2n) is 2.78. The highest BCUT2D eigenvalue weighted by Crippen LogP contribution is 2.21. The molecule has 0 aromatic rings. The van der Waals surface area contributed by atoms with Crippen molar-refractivity contribution in [3.05, 3.63) is 0 Å². The van der Waals surface area contributed by atoms with E-state index in [-0.39, 0.29) is 12.3 Å². The van der Waals surface area contributed by atoms with Crippen LogP contribution in [0.3, 0.4) is 0 Å². The fourth-order valence-corrected chi connectivity index (χ4v) is 0.803. The van der Waals surface area contributed by atoms with Crippen LogP contribution in [0.1, 0.15) is 32.6 Å². The van der Waals surface area contributed by atoms with Gasteiger partial charge in [0.25, 0.3) is 0 Å². The van der Waals surface area contributed by atoms with Gasteiger partial charge in [-0.25, -0.2) is 0 Å². The van der Waals surface area contributed by atoms with Crippen molar-refractivity contribution >= 4 is 5.91 Å². The van der Waals surface area contributed by atoms with Crippen LogP contribution in [0.2, 0.25) is 0 Å². The first kappa shape index (κ1) is 12.3. The molecule has 1 N–H and O–H groups in total. The average Bonchev–Trinajstić information content (AvgIpc) is 2.01. The summed E-state index contributed by atoms with van der Waals surface area (Å²) < 4.78 is 34.9. The van der Waals surface area contributed by atoms with Gasteiger partial charge >= 0.3 is 6.18 Å². The van der Waals surface area contributed by atoms with Crippen molar-refractivity contribution in [3.63, 3.8) is 0 Å². The van der Waals surface area contributed by atoms with E-state index in [2.05, 4.69) is 5.32 Å². The van der Waals surface area contributed by atoms with Gasteiger partial charge in [0.1, 0.15) is 0 Å². The summed E-state index contributed by atoms with van der Waals surface area (Å²) in [6, 6.07) is 0. The van der Waals surface area contributed by atoms with E-state index in [1.54, 1.807) is 6.92 Å². The molecule has 0 spiro atoms. The molecule has 0 aliphatic carbocycles. The number of carbonyl (C=O) groups is 1. The predicted octanol–water partition coefficient (Wildman–Crippen LogP) is 2.25. The lowest BCUT2D eigenvalue weighted by molar-refractivity contribution is -0.135. The van der Waals surface area contributed by atoms with Gasteiger partial charge in [0.15, 0.2) is 0 Å². The minimum atomic E-state index is -4.07. The fourth-order valence-electron chi connectivity index (χ4n) is 0.803. The SMILES string of the molecule is CCC(=O)NCCCCC(F)(F)F. The molecule has 13 heavy (non-hydrogen) atoms. The number of hydrogen-bond donors (Lipinski definition) is 1. The Bertz CT molecular complexity index is 156. The third-order valence-corrected chi connectivity index (χ3v) is 1.53. The van der Waals surface area contributed by atoms with Gasteiger partial charge in [0.2, 0.25) is 5.91 Å². The lowest BCUT2D eigenvalue weighted by Gasteiger charge is -2.06. The lowest BCUT2D eigenvalue weighted by atomic mass is 10.2. The zero-order valence-corrected chi connectivity index (χ0v) is 7.58. The summed E-state index contributed by atoms with van der Waals surface area (Å²) >= 11 is 0. The van der Waals surface area contributed by atoms with E-state index in [0.717, 1.165) is 0 Å². The van der Waals surface area contributed by atoms with Crippen molar-refractivity contribution in [1.82, 2.24) is 5.32 Å². The topological polar surface area (TPSA) is 29.1 Å².